The zero-order chi connectivity index (χ0) is 12.0. The number of hydrogen-bond acceptors (Lipinski definition) is 4. The number of nitrogens with zero attached hydrogens (tertiary/aromatic N) is 1. The molecule has 0 unspecified atom stereocenters. The molecule has 0 bridgehead atoms. The molecule has 1 rings (SSSR count). The highest BCUT2D eigenvalue weighted by Gasteiger charge is 2.04. The molecule has 0 atom stereocenters. The van der Waals surface area contributed by atoms with Crippen molar-refractivity contribution in [2.24, 2.45) is 5.16 Å². The highest BCUT2D eigenvalue weighted by molar-refractivity contribution is 5.81. The van der Waals surface area contributed by atoms with Gasteiger partial charge in [-0.15, -0.1) is 0 Å². The van der Waals surface area contributed by atoms with Crippen molar-refractivity contribution in [2.75, 3.05) is 14.2 Å². The van der Waals surface area contributed by atoms with Gasteiger partial charge in [0.25, 0.3) is 0 Å². The van der Waals surface area contributed by atoms with Crippen LogP contribution in [0.2, 0.25) is 0 Å². The van der Waals surface area contributed by atoms with Gasteiger partial charge in [0.1, 0.15) is 0 Å². The minimum atomic E-state index is 0.717. The Morgan fingerprint density at radius 1 is 1.25 bits per heavy atom. The van der Waals surface area contributed by atoms with Crippen molar-refractivity contribution >= 4 is 5.71 Å². The van der Waals surface area contributed by atoms with Gasteiger partial charge in [0, 0.05) is 0 Å². The van der Waals surface area contributed by atoms with Crippen LogP contribution in [0.3, 0.4) is 0 Å². The lowest BCUT2D eigenvalue weighted by atomic mass is 10.1. The molecule has 0 spiro atoms. The molecule has 0 amide bonds. The average Bonchev–Trinajstić information content (AvgIpc) is 2.35. The molecule has 0 heterocycles. The molecule has 0 aliphatic heterocycles. The smallest absolute Gasteiger partial charge is 0.160 e. The fourth-order valence-electron chi connectivity index (χ4n) is 1.41. The van der Waals surface area contributed by atoms with Gasteiger partial charge in [0.05, 0.1) is 19.9 Å². The molecule has 0 aliphatic rings. The van der Waals surface area contributed by atoms with Gasteiger partial charge in [-0.25, -0.2) is 0 Å². The summed E-state index contributed by atoms with van der Waals surface area (Å²) in [6.07, 6.45) is 1.54. The van der Waals surface area contributed by atoms with Crippen LogP contribution in [0.15, 0.2) is 23.4 Å². The van der Waals surface area contributed by atoms with Gasteiger partial charge in [0.15, 0.2) is 11.5 Å². The van der Waals surface area contributed by atoms with Crippen LogP contribution in [0.5, 0.6) is 11.5 Å². The van der Waals surface area contributed by atoms with Crippen LogP contribution in [-0.2, 0) is 6.42 Å². The van der Waals surface area contributed by atoms with Gasteiger partial charge in [-0.1, -0.05) is 11.2 Å². The normalized spacial score (nSPS) is 11.3. The maximum atomic E-state index is 8.54. The highest BCUT2D eigenvalue weighted by Crippen LogP contribution is 2.27. The standard InChI is InChI=1S/C12H17NO3/c1-9(13-14)4-5-10-6-7-11(15-2)12(8-10)16-3/h6-8,14H,4-5H2,1-3H3. The third kappa shape index (κ3) is 3.15. The van der Waals surface area contributed by atoms with Gasteiger partial charge >= 0.3 is 0 Å². The Hall–Kier alpha value is -1.71. The monoisotopic (exact) mass is 223 g/mol. The molecular weight excluding hydrogens is 206 g/mol. The molecule has 0 saturated carbocycles. The summed E-state index contributed by atoms with van der Waals surface area (Å²) in [6, 6.07) is 5.79. The van der Waals surface area contributed by atoms with Crippen molar-refractivity contribution in [1.29, 1.82) is 0 Å². The van der Waals surface area contributed by atoms with E-state index in [0.717, 1.165) is 35.6 Å². The van der Waals surface area contributed by atoms with E-state index in [9.17, 15) is 0 Å². The number of hydrogen-bond donors (Lipinski definition) is 1. The van der Waals surface area contributed by atoms with E-state index < -0.39 is 0 Å². The SMILES string of the molecule is COc1ccc(CCC(C)=NO)cc1OC. The van der Waals surface area contributed by atoms with Crippen LogP contribution in [0.1, 0.15) is 18.9 Å². The predicted octanol–water partition coefficient (Wildman–Crippen LogP) is 2.49. The second-order valence-corrected chi connectivity index (χ2v) is 3.52. The van der Waals surface area contributed by atoms with E-state index in [4.69, 9.17) is 14.7 Å². The zero-order valence-electron chi connectivity index (χ0n) is 9.86. The van der Waals surface area contributed by atoms with Crippen LogP contribution in [-0.4, -0.2) is 25.1 Å². The zero-order valence-corrected chi connectivity index (χ0v) is 9.86. The Morgan fingerprint density at radius 3 is 2.50 bits per heavy atom. The van der Waals surface area contributed by atoms with Crippen molar-refractivity contribution in [1.82, 2.24) is 0 Å². The number of aryl methyl sites for hydroxylation is 1. The second-order valence-electron chi connectivity index (χ2n) is 3.52. The first kappa shape index (κ1) is 12.4. The minimum Gasteiger partial charge on any atom is -0.493 e. The Morgan fingerprint density at radius 2 is 1.94 bits per heavy atom. The molecule has 0 aromatic heterocycles. The van der Waals surface area contributed by atoms with E-state index in [2.05, 4.69) is 5.16 Å². The van der Waals surface area contributed by atoms with Gasteiger partial charge < -0.3 is 14.7 Å². The number of benzene rings is 1. The number of ether oxygens (including phenoxy) is 2. The largest absolute Gasteiger partial charge is 0.493 e. The summed E-state index contributed by atoms with van der Waals surface area (Å²) < 4.78 is 10.4. The van der Waals surface area contributed by atoms with Crippen LogP contribution in [0.25, 0.3) is 0 Å². The Bertz CT molecular complexity index is 375. The maximum Gasteiger partial charge on any atom is 0.160 e. The molecule has 4 nitrogen and oxygen atoms in total. The molecule has 0 saturated heterocycles. The summed E-state index contributed by atoms with van der Waals surface area (Å²) in [7, 11) is 3.22. The quantitative estimate of drug-likeness (QED) is 0.474. The molecule has 88 valence electrons. The summed E-state index contributed by atoms with van der Waals surface area (Å²) in [5.41, 5.74) is 1.84. The van der Waals surface area contributed by atoms with Crippen LogP contribution >= 0.6 is 0 Å². The Balaban J connectivity index is 2.75. The van der Waals surface area contributed by atoms with E-state index in [0.29, 0.717) is 0 Å². The van der Waals surface area contributed by atoms with E-state index in [1.165, 1.54) is 0 Å². The van der Waals surface area contributed by atoms with Crippen molar-refractivity contribution < 1.29 is 14.7 Å². The van der Waals surface area contributed by atoms with Crippen molar-refractivity contribution in [3.05, 3.63) is 23.8 Å². The molecule has 0 aliphatic carbocycles. The minimum absolute atomic E-state index is 0.717. The molecule has 1 aromatic carbocycles. The summed E-state index contributed by atoms with van der Waals surface area (Å²) in [6.45, 7) is 1.79. The van der Waals surface area contributed by atoms with Crippen molar-refractivity contribution in [3.8, 4) is 11.5 Å². The molecular formula is C12H17NO3. The number of rotatable bonds is 5. The van der Waals surface area contributed by atoms with E-state index in [-0.39, 0.29) is 0 Å². The first-order valence-corrected chi connectivity index (χ1v) is 5.09. The number of oxime groups is 1. The lowest BCUT2D eigenvalue weighted by molar-refractivity contribution is 0.317. The molecule has 16 heavy (non-hydrogen) atoms. The summed E-state index contributed by atoms with van der Waals surface area (Å²) in [5.74, 6) is 1.44. The van der Waals surface area contributed by atoms with Crippen LogP contribution in [0.4, 0.5) is 0 Å². The van der Waals surface area contributed by atoms with Gasteiger partial charge in [-0.3, -0.25) is 0 Å². The number of methoxy groups -OCH3 is 2. The molecule has 1 aromatic rings. The van der Waals surface area contributed by atoms with E-state index >= 15 is 0 Å². The molecule has 0 fully saturated rings. The third-order valence-electron chi connectivity index (χ3n) is 2.39. The van der Waals surface area contributed by atoms with Gasteiger partial charge in [0.2, 0.25) is 0 Å². The Labute approximate surface area is 95.5 Å². The van der Waals surface area contributed by atoms with Crippen LogP contribution in [0, 0.1) is 0 Å². The second kappa shape index (κ2) is 6.00. The molecule has 1 N–H and O–H groups in total. The van der Waals surface area contributed by atoms with E-state index in [1.807, 2.05) is 18.2 Å². The average molecular weight is 223 g/mol. The van der Waals surface area contributed by atoms with Crippen molar-refractivity contribution in [3.63, 3.8) is 0 Å². The molecule has 0 radical (unpaired) electrons. The van der Waals surface area contributed by atoms with Gasteiger partial charge in [-0.05, 0) is 37.5 Å². The predicted molar refractivity (Wildman–Crippen MR) is 62.8 cm³/mol. The molecule has 4 heteroatoms. The third-order valence-corrected chi connectivity index (χ3v) is 2.39. The summed E-state index contributed by atoms with van der Waals surface area (Å²) in [5, 5.41) is 11.7. The van der Waals surface area contributed by atoms with Crippen LogP contribution < -0.4 is 9.47 Å². The lowest BCUT2D eigenvalue weighted by Gasteiger charge is -2.09. The highest BCUT2D eigenvalue weighted by atomic mass is 16.5. The first-order chi connectivity index (χ1) is 7.71. The first-order valence-electron chi connectivity index (χ1n) is 5.09. The fourth-order valence-corrected chi connectivity index (χ4v) is 1.41. The van der Waals surface area contributed by atoms with Crippen molar-refractivity contribution in [2.45, 2.75) is 19.8 Å². The van der Waals surface area contributed by atoms with E-state index in [1.54, 1.807) is 21.1 Å². The fraction of sp³-hybridized carbons (Fsp3) is 0.417. The lowest BCUT2D eigenvalue weighted by Crippen LogP contribution is -1.97. The Kier molecular flexibility index (Phi) is 4.64. The van der Waals surface area contributed by atoms with Gasteiger partial charge in [-0.2, -0.15) is 0 Å². The summed E-state index contributed by atoms with van der Waals surface area (Å²) in [4.78, 5) is 0. The summed E-state index contributed by atoms with van der Waals surface area (Å²) >= 11 is 0. The topological polar surface area (TPSA) is 51.0 Å². The maximum absolute atomic E-state index is 8.54.